The molecule has 0 saturated carbocycles. The van der Waals surface area contributed by atoms with Crippen LogP contribution in [-0.4, -0.2) is 53.9 Å². The summed E-state index contributed by atoms with van der Waals surface area (Å²) in [7, 11) is -7.24. The van der Waals surface area contributed by atoms with Crippen molar-refractivity contribution in [2.75, 3.05) is 37.6 Å². The molecule has 0 spiro atoms. The molecule has 2 aromatic carbocycles. The zero-order chi connectivity index (χ0) is 21.6. The topological polar surface area (TPSA) is 86.8 Å². The largest absolute Gasteiger partial charge is 0.372 e. The Hall–Kier alpha value is -1.94. The van der Waals surface area contributed by atoms with Gasteiger partial charge < -0.3 is 4.90 Å². The Morgan fingerprint density at radius 2 is 1.50 bits per heavy atom. The maximum Gasteiger partial charge on any atom is 0.243 e. The van der Waals surface area contributed by atoms with Crippen LogP contribution in [-0.2, 0) is 20.0 Å². The van der Waals surface area contributed by atoms with Crippen molar-refractivity contribution in [3.05, 3.63) is 54.6 Å². The Morgan fingerprint density at radius 3 is 2.10 bits per heavy atom. The van der Waals surface area contributed by atoms with Crippen LogP contribution in [0, 0.1) is 0 Å². The number of nitrogens with zero attached hydrogens (tertiary/aromatic N) is 2. The lowest BCUT2D eigenvalue weighted by atomic mass is 10.2. The second kappa shape index (κ2) is 9.91. The van der Waals surface area contributed by atoms with Crippen LogP contribution in [0.2, 0.25) is 0 Å². The van der Waals surface area contributed by atoms with Crippen molar-refractivity contribution in [3.63, 3.8) is 0 Å². The van der Waals surface area contributed by atoms with Gasteiger partial charge in [-0.25, -0.2) is 21.6 Å². The number of nitrogens with one attached hydrogen (secondary N) is 1. The molecule has 9 heteroatoms. The lowest BCUT2D eigenvalue weighted by Gasteiger charge is -2.23. The number of benzene rings is 2. The molecule has 1 saturated heterocycles. The van der Waals surface area contributed by atoms with Crippen LogP contribution in [0.25, 0.3) is 0 Å². The molecule has 2 aromatic rings. The maximum absolute atomic E-state index is 12.6. The van der Waals surface area contributed by atoms with Gasteiger partial charge in [-0.2, -0.15) is 4.31 Å². The minimum atomic E-state index is -3.69. The summed E-state index contributed by atoms with van der Waals surface area (Å²) in [6.45, 7) is 4.97. The highest BCUT2D eigenvalue weighted by Crippen LogP contribution is 2.22. The van der Waals surface area contributed by atoms with E-state index in [1.807, 2.05) is 30.3 Å². The monoisotopic (exact) mass is 451 g/mol. The molecule has 0 aromatic heterocycles. The standard InChI is InChI=1S/C21H29N3O4S2/c1-2-23(19-9-4-3-5-10-19)16-8-15-22-29(25,26)20-11-13-21(14-12-20)30(27,28)24-17-6-7-18-24/h3-5,9-14,22H,2,6-8,15-18H2,1H3. The van der Waals surface area contributed by atoms with E-state index in [1.54, 1.807) is 0 Å². The molecule has 0 radical (unpaired) electrons. The van der Waals surface area contributed by atoms with E-state index >= 15 is 0 Å². The first-order valence-electron chi connectivity index (χ1n) is 10.2. The van der Waals surface area contributed by atoms with Gasteiger partial charge in [0.05, 0.1) is 9.79 Å². The molecule has 3 rings (SSSR count). The molecule has 0 unspecified atom stereocenters. The molecule has 1 N–H and O–H groups in total. The summed E-state index contributed by atoms with van der Waals surface area (Å²) in [5.41, 5.74) is 1.11. The molecule has 1 fully saturated rings. The first-order chi connectivity index (χ1) is 14.3. The Morgan fingerprint density at radius 1 is 0.900 bits per heavy atom. The fourth-order valence-corrected chi connectivity index (χ4v) is 6.13. The van der Waals surface area contributed by atoms with Gasteiger partial charge in [-0.15, -0.1) is 0 Å². The summed E-state index contributed by atoms with van der Waals surface area (Å²) in [4.78, 5) is 2.38. The number of hydrogen-bond acceptors (Lipinski definition) is 5. The van der Waals surface area contributed by atoms with E-state index in [-0.39, 0.29) is 9.79 Å². The Kier molecular flexibility index (Phi) is 7.51. The van der Waals surface area contributed by atoms with Crippen molar-refractivity contribution in [1.82, 2.24) is 9.03 Å². The van der Waals surface area contributed by atoms with Crippen LogP contribution >= 0.6 is 0 Å². The van der Waals surface area contributed by atoms with Gasteiger partial charge in [-0.1, -0.05) is 18.2 Å². The van der Waals surface area contributed by atoms with Crippen molar-refractivity contribution >= 4 is 25.7 Å². The Balaban J connectivity index is 1.56. The summed E-state index contributed by atoms with van der Waals surface area (Å²) in [6, 6.07) is 15.4. The SMILES string of the molecule is CCN(CCCNS(=O)(=O)c1ccc(S(=O)(=O)N2CCCC2)cc1)c1ccccc1. The molecule has 0 aliphatic carbocycles. The number of rotatable bonds is 10. The van der Waals surface area contributed by atoms with E-state index in [0.717, 1.165) is 31.6 Å². The highest BCUT2D eigenvalue weighted by Gasteiger charge is 2.27. The Bertz CT molecular complexity index is 1020. The second-order valence-electron chi connectivity index (χ2n) is 7.25. The predicted octanol–water partition coefficient (Wildman–Crippen LogP) is 2.67. The average Bonchev–Trinajstić information content (AvgIpc) is 3.30. The van der Waals surface area contributed by atoms with Crippen LogP contribution in [0.4, 0.5) is 5.69 Å². The normalized spacial score (nSPS) is 15.4. The van der Waals surface area contributed by atoms with Gasteiger partial charge in [-0.05, 0) is 62.6 Å². The van der Waals surface area contributed by atoms with Gasteiger partial charge in [-0.3, -0.25) is 0 Å². The van der Waals surface area contributed by atoms with E-state index in [0.29, 0.717) is 26.1 Å². The summed E-state index contributed by atoms with van der Waals surface area (Å²) >= 11 is 0. The van der Waals surface area contributed by atoms with Crippen LogP contribution < -0.4 is 9.62 Å². The van der Waals surface area contributed by atoms with E-state index < -0.39 is 20.0 Å². The van der Waals surface area contributed by atoms with Crippen molar-refractivity contribution < 1.29 is 16.8 Å². The van der Waals surface area contributed by atoms with Crippen molar-refractivity contribution in [2.45, 2.75) is 36.0 Å². The van der Waals surface area contributed by atoms with E-state index in [1.165, 1.54) is 28.6 Å². The van der Waals surface area contributed by atoms with E-state index in [2.05, 4.69) is 16.5 Å². The van der Waals surface area contributed by atoms with Gasteiger partial charge in [0.15, 0.2) is 0 Å². The third-order valence-electron chi connectivity index (χ3n) is 5.24. The maximum atomic E-state index is 12.6. The number of anilines is 1. The first-order valence-corrected chi connectivity index (χ1v) is 13.2. The summed E-state index contributed by atoms with van der Waals surface area (Å²) in [6.07, 6.45) is 2.37. The van der Waals surface area contributed by atoms with E-state index in [4.69, 9.17) is 0 Å². The van der Waals surface area contributed by atoms with Crippen molar-refractivity contribution in [2.24, 2.45) is 0 Å². The third-order valence-corrected chi connectivity index (χ3v) is 8.63. The number of sulfonamides is 2. The molecule has 164 valence electrons. The third kappa shape index (κ3) is 5.40. The number of para-hydroxylation sites is 1. The molecule has 1 aliphatic rings. The molecule has 0 atom stereocenters. The minimum absolute atomic E-state index is 0.0679. The molecule has 1 heterocycles. The second-order valence-corrected chi connectivity index (χ2v) is 11.0. The quantitative estimate of drug-likeness (QED) is 0.561. The molecular weight excluding hydrogens is 422 g/mol. The fourth-order valence-electron chi connectivity index (χ4n) is 3.54. The highest BCUT2D eigenvalue weighted by molar-refractivity contribution is 7.89. The lowest BCUT2D eigenvalue weighted by Crippen LogP contribution is -2.30. The molecular formula is C21H29N3O4S2. The molecule has 0 bridgehead atoms. The van der Waals surface area contributed by atoms with E-state index in [9.17, 15) is 16.8 Å². The lowest BCUT2D eigenvalue weighted by molar-refractivity contribution is 0.477. The smallest absolute Gasteiger partial charge is 0.243 e. The van der Waals surface area contributed by atoms with Crippen molar-refractivity contribution in [1.29, 1.82) is 0 Å². The van der Waals surface area contributed by atoms with Crippen LogP contribution in [0.15, 0.2) is 64.4 Å². The van der Waals surface area contributed by atoms with Gasteiger partial charge in [0.1, 0.15) is 0 Å². The van der Waals surface area contributed by atoms with Gasteiger partial charge in [0, 0.05) is 38.4 Å². The summed E-state index contributed by atoms with van der Waals surface area (Å²) in [5.74, 6) is 0. The Labute approximate surface area is 179 Å². The zero-order valence-corrected chi connectivity index (χ0v) is 18.8. The number of hydrogen-bond donors (Lipinski definition) is 1. The van der Waals surface area contributed by atoms with Crippen LogP contribution in [0.1, 0.15) is 26.2 Å². The first kappa shape index (κ1) is 22.7. The zero-order valence-electron chi connectivity index (χ0n) is 17.2. The fraction of sp³-hybridized carbons (Fsp3) is 0.429. The highest BCUT2D eigenvalue weighted by atomic mass is 32.2. The predicted molar refractivity (Wildman–Crippen MR) is 119 cm³/mol. The molecule has 0 amide bonds. The van der Waals surface area contributed by atoms with Crippen molar-refractivity contribution in [3.8, 4) is 0 Å². The molecule has 7 nitrogen and oxygen atoms in total. The average molecular weight is 452 g/mol. The van der Waals surface area contributed by atoms with Crippen LogP contribution in [0.5, 0.6) is 0 Å². The van der Waals surface area contributed by atoms with Gasteiger partial charge in [0.25, 0.3) is 0 Å². The van der Waals surface area contributed by atoms with Gasteiger partial charge >= 0.3 is 0 Å². The molecule has 30 heavy (non-hydrogen) atoms. The summed E-state index contributed by atoms with van der Waals surface area (Å²) in [5, 5.41) is 0. The van der Waals surface area contributed by atoms with Gasteiger partial charge in [0.2, 0.25) is 20.0 Å². The van der Waals surface area contributed by atoms with Crippen LogP contribution in [0.3, 0.4) is 0 Å². The molecule has 1 aliphatic heterocycles. The summed E-state index contributed by atoms with van der Waals surface area (Å²) < 4.78 is 54.3. The minimum Gasteiger partial charge on any atom is -0.372 e.